The molecule has 0 saturated heterocycles. The number of rotatable bonds is 4. The quantitative estimate of drug-likeness (QED) is 0.765. The maximum absolute atomic E-state index is 11.0. The van der Waals surface area contributed by atoms with Gasteiger partial charge in [-0.1, -0.05) is 41.4 Å². The Kier molecular flexibility index (Phi) is 4.46. The predicted molar refractivity (Wildman–Crippen MR) is 77.4 cm³/mol. The Morgan fingerprint density at radius 3 is 2.63 bits per heavy atom. The van der Waals surface area contributed by atoms with Crippen LogP contribution in [0.15, 0.2) is 36.4 Å². The summed E-state index contributed by atoms with van der Waals surface area (Å²) in [6, 6.07) is 10.8. The molecule has 0 radical (unpaired) electrons. The topological polar surface area (TPSA) is 26.3 Å². The SMILES string of the molecule is Cc1cccc(C=O)c1OCc1ccc(Cl)c(Cl)c1. The van der Waals surface area contributed by atoms with Crippen molar-refractivity contribution in [2.24, 2.45) is 0 Å². The molecule has 0 saturated carbocycles. The summed E-state index contributed by atoms with van der Waals surface area (Å²) in [4.78, 5) is 11.0. The van der Waals surface area contributed by atoms with Crippen molar-refractivity contribution in [3.05, 3.63) is 63.1 Å². The number of benzene rings is 2. The Hall–Kier alpha value is -1.51. The lowest BCUT2D eigenvalue weighted by molar-refractivity contribution is 0.111. The standard InChI is InChI=1S/C15H12Cl2O2/c1-10-3-2-4-12(8-18)15(10)19-9-11-5-6-13(16)14(17)7-11/h2-8H,9H2,1H3. The summed E-state index contributed by atoms with van der Waals surface area (Å²) in [5.74, 6) is 0.601. The van der Waals surface area contributed by atoms with Crippen molar-refractivity contribution in [2.75, 3.05) is 0 Å². The van der Waals surface area contributed by atoms with Crippen LogP contribution in [0.25, 0.3) is 0 Å². The van der Waals surface area contributed by atoms with Crippen molar-refractivity contribution in [2.45, 2.75) is 13.5 Å². The second-order valence-corrected chi connectivity index (χ2v) is 4.96. The highest BCUT2D eigenvalue weighted by molar-refractivity contribution is 6.42. The number of para-hydroxylation sites is 1. The summed E-state index contributed by atoms with van der Waals surface area (Å²) in [6.45, 7) is 2.24. The van der Waals surface area contributed by atoms with E-state index in [-0.39, 0.29) is 0 Å². The zero-order valence-electron chi connectivity index (χ0n) is 10.3. The molecule has 19 heavy (non-hydrogen) atoms. The fraction of sp³-hybridized carbons (Fsp3) is 0.133. The van der Waals surface area contributed by atoms with Gasteiger partial charge in [-0.25, -0.2) is 0 Å². The maximum atomic E-state index is 11.0. The third kappa shape index (κ3) is 3.28. The van der Waals surface area contributed by atoms with Crippen LogP contribution in [0.1, 0.15) is 21.5 Å². The zero-order chi connectivity index (χ0) is 13.8. The van der Waals surface area contributed by atoms with Crippen LogP contribution in [0.2, 0.25) is 10.0 Å². The molecule has 0 heterocycles. The number of hydrogen-bond donors (Lipinski definition) is 0. The highest BCUT2D eigenvalue weighted by Gasteiger charge is 2.07. The number of ether oxygens (including phenoxy) is 1. The Balaban J connectivity index is 2.18. The van der Waals surface area contributed by atoms with Gasteiger partial charge in [0.05, 0.1) is 15.6 Å². The van der Waals surface area contributed by atoms with Crippen molar-refractivity contribution in [1.82, 2.24) is 0 Å². The third-order valence-electron chi connectivity index (χ3n) is 2.74. The Morgan fingerprint density at radius 1 is 1.16 bits per heavy atom. The van der Waals surface area contributed by atoms with Crippen LogP contribution in [0.5, 0.6) is 5.75 Å². The minimum atomic E-state index is 0.336. The summed E-state index contributed by atoms with van der Waals surface area (Å²) in [5.41, 5.74) is 2.36. The van der Waals surface area contributed by atoms with Crippen molar-refractivity contribution < 1.29 is 9.53 Å². The number of hydrogen-bond acceptors (Lipinski definition) is 2. The van der Waals surface area contributed by atoms with E-state index >= 15 is 0 Å². The number of aldehydes is 1. The van der Waals surface area contributed by atoms with Gasteiger partial charge in [-0.05, 0) is 36.2 Å². The lowest BCUT2D eigenvalue weighted by atomic mass is 10.1. The fourth-order valence-electron chi connectivity index (χ4n) is 1.75. The molecule has 0 N–H and O–H groups in total. The lowest BCUT2D eigenvalue weighted by Crippen LogP contribution is -2.00. The van der Waals surface area contributed by atoms with E-state index in [2.05, 4.69) is 0 Å². The summed E-state index contributed by atoms with van der Waals surface area (Å²) < 4.78 is 5.71. The Morgan fingerprint density at radius 2 is 1.95 bits per heavy atom. The molecular formula is C15H12Cl2O2. The molecule has 0 spiro atoms. The molecule has 0 unspecified atom stereocenters. The van der Waals surface area contributed by atoms with Crippen LogP contribution in [0.3, 0.4) is 0 Å². The molecule has 0 bridgehead atoms. The molecule has 0 amide bonds. The minimum absolute atomic E-state index is 0.336. The van der Waals surface area contributed by atoms with E-state index in [1.54, 1.807) is 18.2 Å². The molecule has 0 aliphatic rings. The molecule has 4 heteroatoms. The van der Waals surface area contributed by atoms with E-state index in [0.29, 0.717) is 28.0 Å². The molecular weight excluding hydrogens is 283 g/mol. The second kappa shape index (κ2) is 6.09. The van der Waals surface area contributed by atoms with Crippen LogP contribution >= 0.6 is 23.2 Å². The third-order valence-corrected chi connectivity index (χ3v) is 3.48. The molecule has 0 aromatic heterocycles. The van der Waals surface area contributed by atoms with Gasteiger partial charge in [0.25, 0.3) is 0 Å². The number of halogens is 2. The van der Waals surface area contributed by atoms with Gasteiger partial charge in [0, 0.05) is 0 Å². The molecule has 2 rings (SSSR count). The van der Waals surface area contributed by atoms with E-state index in [9.17, 15) is 4.79 Å². The van der Waals surface area contributed by atoms with Gasteiger partial charge in [0.2, 0.25) is 0 Å². The summed E-state index contributed by atoms with van der Waals surface area (Å²) in [6.07, 6.45) is 0.789. The lowest BCUT2D eigenvalue weighted by Gasteiger charge is -2.11. The van der Waals surface area contributed by atoms with Crippen LogP contribution < -0.4 is 4.74 Å². The first-order chi connectivity index (χ1) is 9.11. The first-order valence-corrected chi connectivity index (χ1v) is 6.49. The van der Waals surface area contributed by atoms with E-state index in [1.807, 2.05) is 25.1 Å². The smallest absolute Gasteiger partial charge is 0.153 e. The summed E-state index contributed by atoms with van der Waals surface area (Å²) in [7, 11) is 0. The largest absolute Gasteiger partial charge is 0.488 e. The molecule has 0 aliphatic heterocycles. The predicted octanol–water partition coefficient (Wildman–Crippen LogP) is 4.69. The highest BCUT2D eigenvalue weighted by Crippen LogP contribution is 2.25. The Bertz CT molecular complexity index is 609. The average molecular weight is 295 g/mol. The van der Waals surface area contributed by atoms with Crippen molar-refractivity contribution in [3.63, 3.8) is 0 Å². The van der Waals surface area contributed by atoms with Gasteiger partial charge in [0.1, 0.15) is 12.4 Å². The van der Waals surface area contributed by atoms with Gasteiger partial charge in [-0.3, -0.25) is 4.79 Å². The van der Waals surface area contributed by atoms with Gasteiger partial charge in [-0.15, -0.1) is 0 Å². The Labute approximate surface area is 121 Å². The number of aryl methyl sites for hydroxylation is 1. The van der Waals surface area contributed by atoms with Crippen LogP contribution in [-0.2, 0) is 6.61 Å². The van der Waals surface area contributed by atoms with Crippen LogP contribution in [-0.4, -0.2) is 6.29 Å². The minimum Gasteiger partial charge on any atom is -0.488 e. The van der Waals surface area contributed by atoms with Gasteiger partial charge in [-0.2, -0.15) is 0 Å². The zero-order valence-corrected chi connectivity index (χ0v) is 11.8. The first kappa shape index (κ1) is 13.9. The van der Waals surface area contributed by atoms with Crippen molar-refractivity contribution in [3.8, 4) is 5.75 Å². The molecule has 0 aliphatic carbocycles. The van der Waals surface area contributed by atoms with E-state index in [1.165, 1.54) is 0 Å². The molecule has 2 aromatic carbocycles. The first-order valence-electron chi connectivity index (χ1n) is 5.73. The molecule has 2 aromatic rings. The van der Waals surface area contributed by atoms with E-state index < -0.39 is 0 Å². The van der Waals surface area contributed by atoms with Crippen molar-refractivity contribution >= 4 is 29.5 Å². The molecule has 0 fully saturated rings. The highest BCUT2D eigenvalue weighted by atomic mass is 35.5. The monoisotopic (exact) mass is 294 g/mol. The van der Waals surface area contributed by atoms with Crippen LogP contribution in [0.4, 0.5) is 0 Å². The van der Waals surface area contributed by atoms with E-state index in [0.717, 1.165) is 17.4 Å². The van der Waals surface area contributed by atoms with Gasteiger partial charge < -0.3 is 4.74 Å². The van der Waals surface area contributed by atoms with Gasteiger partial charge in [0.15, 0.2) is 6.29 Å². The van der Waals surface area contributed by atoms with Gasteiger partial charge >= 0.3 is 0 Å². The summed E-state index contributed by atoms with van der Waals surface area (Å²) >= 11 is 11.8. The van der Waals surface area contributed by atoms with Crippen LogP contribution in [0, 0.1) is 6.92 Å². The maximum Gasteiger partial charge on any atom is 0.153 e. The second-order valence-electron chi connectivity index (χ2n) is 4.15. The average Bonchev–Trinajstić information content (AvgIpc) is 2.41. The number of carbonyl (C=O) groups excluding carboxylic acids is 1. The fourth-order valence-corrected chi connectivity index (χ4v) is 2.07. The normalized spacial score (nSPS) is 10.3. The molecule has 2 nitrogen and oxygen atoms in total. The van der Waals surface area contributed by atoms with Crippen molar-refractivity contribution in [1.29, 1.82) is 0 Å². The number of carbonyl (C=O) groups is 1. The molecule has 0 atom stereocenters. The van der Waals surface area contributed by atoms with E-state index in [4.69, 9.17) is 27.9 Å². The summed E-state index contributed by atoms with van der Waals surface area (Å²) in [5, 5.41) is 0.998. The molecule has 98 valence electrons.